The maximum atomic E-state index is 12.4. The zero-order valence-electron chi connectivity index (χ0n) is 14.0. The van der Waals surface area contributed by atoms with Crippen LogP contribution < -0.4 is 5.56 Å². The number of methoxy groups -OCH3 is 1. The van der Waals surface area contributed by atoms with Crippen LogP contribution in [0.25, 0.3) is 0 Å². The molecule has 0 atom stereocenters. The Balaban J connectivity index is 2.13. The molecule has 0 saturated carbocycles. The Morgan fingerprint density at radius 2 is 1.88 bits per heavy atom. The van der Waals surface area contributed by atoms with Gasteiger partial charge in [-0.05, 0) is 24.1 Å². The lowest BCUT2D eigenvalue weighted by Crippen LogP contribution is -2.33. The van der Waals surface area contributed by atoms with Crippen molar-refractivity contribution in [3.63, 3.8) is 0 Å². The van der Waals surface area contributed by atoms with Crippen molar-refractivity contribution in [1.82, 2.24) is 9.47 Å². The summed E-state index contributed by atoms with van der Waals surface area (Å²) in [7, 11) is 2.95. The molecule has 0 spiro atoms. The molecule has 1 aromatic carbocycles. The average Bonchev–Trinajstić information content (AvgIpc) is 2.58. The first-order chi connectivity index (χ1) is 11.4. The SMILES string of the molecule is COC(=O)c1ccc(=O)n(CC(=O)N(C)Cc2ccccc2C)c1. The second-order valence-corrected chi connectivity index (χ2v) is 5.55. The largest absolute Gasteiger partial charge is 0.465 e. The summed E-state index contributed by atoms with van der Waals surface area (Å²) in [6.45, 7) is 2.31. The number of rotatable bonds is 5. The highest BCUT2D eigenvalue weighted by molar-refractivity contribution is 5.89. The molecule has 1 heterocycles. The predicted molar refractivity (Wildman–Crippen MR) is 89.7 cm³/mol. The van der Waals surface area contributed by atoms with Crippen molar-refractivity contribution in [1.29, 1.82) is 0 Å². The third kappa shape index (κ3) is 4.10. The Kier molecular flexibility index (Phi) is 5.52. The van der Waals surface area contributed by atoms with Gasteiger partial charge >= 0.3 is 5.97 Å². The molecule has 0 N–H and O–H groups in total. The van der Waals surface area contributed by atoms with Crippen molar-refractivity contribution in [2.75, 3.05) is 14.2 Å². The first-order valence-corrected chi connectivity index (χ1v) is 7.49. The number of nitrogens with zero attached hydrogens (tertiary/aromatic N) is 2. The fourth-order valence-corrected chi connectivity index (χ4v) is 2.29. The Hall–Kier alpha value is -2.89. The van der Waals surface area contributed by atoms with E-state index in [0.717, 1.165) is 11.1 Å². The molecule has 6 heteroatoms. The Labute approximate surface area is 140 Å². The van der Waals surface area contributed by atoms with Gasteiger partial charge in [0.25, 0.3) is 5.56 Å². The minimum absolute atomic E-state index is 0.133. The van der Waals surface area contributed by atoms with Gasteiger partial charge in [0.15, 0.2) is 0 Å². The lowest BCUT2D eigenvalue weighted by molar-refractivity contribution is -0.131. The van der Waals surface area contributed by atoms with Crippen LogP contribution >= 0.6 is 0 Å². The highest BCUT2D eigenvalue weighted by Crippen LogP contribution is 2.10. The van der Waals surface area contributed by atoms with Crippen LogP contribution in [0.3, 0.4) is 0 Å². The normalized spacial score (nSPS) is 10.3. The lowest BCUT2D eigenvalue weighted by atomic mass is 10.1. The molecule has 0 fully saturated rings. The van der Waals surface area contributed by atoms with Crippen LogP contribution in [0.2, 0.25) is 0 Å². The minimum Gasteiger partial charge on any atom is -0.465 e. The summed E-state index contributed by atoms with van der Waals surface area (Å²) >= 11 is 0. The zero-order chi connectivity index (χ0) is 17.7. The van der Waals surface area contributed by atoms with Crippen LogP contribution in [0, 0.1) is 6.92 Å². The van der Waals surface area contributed by atoms with Crippen molar-refractivity contribution in [3.8, 4) is 0 Å². The first kappa shape index (κ1) is 17.5. The van der Waals surface area contributed by atoms with Gasteiger partial charge in [0.05, 0.1) is 12.7 Å². The van der Waals surface area contributed by atoms with E-state index in [4.69, 9.17) is 0 Å². The van der Waals surface area contributed by atoms with Crippen LogP contribution in [-0.4, -0.2) is 35.5 Å². The fraction of sp³-hybridized carbons (Fsp3) is 0.278. The molecule has 0 radical (unpaired) electrons. The maximum absolute atomic E-state index is 12.4. The molecule has 24 heavy (non-hydrogen) atoms. The molecule has 0 bridgehead atoms. The monoisotopic (exact) mass is 328 g/mol. The number of hydrogen-bond acceptors (Lipinski definition) is 4. The van der Waals surface area contributed by atoms with E-state index >= 15 is 0 Å². The molecule has 0 aliphatic heterocycles. The number of aryl methyl sites for hydroxylation is 1. The van der Waals surface area contributed by atoms with Gasteiger partial charge in [-0.3, -0.25) is 9.59 Å². The number of amides is 1. The van der Waals surface area contributed by atoms with Gasteiger partial charge in [0.1, 0.15) is 6.54 Å². The molecule has 2 rings (SSSR count). The maximum Gasteiger partial charge on any atom is 0.339 e. The van der Waals surface area contributed by atoms with E-state index in [9.17, 15) is 14.4 Å². The zero-order valence-corrected chi connectivity index (χ0v) is 14.0. The molecular weight excluding hydrogens is 308 g/mol. The summed E-state index contributed by atoms with van der Waals surface area (Å²) < 4.78 is 5.84. The van der Waals surface area contributed by atoms with Crippen LogP contribution in [0.1, 0.15) is 21.5 Å². The summed E-state index contributed by atoms with van der Waals surface area (Å²) in [6.07, 6.45) is 1.34. The van der Waals surface area contributed by atoms with Crippen molar-refractivity contribution in [2.45, 2.75) is 20.0 Å². The summed E-state index contributed by atoms with van der Waals surface area (Å²) in [5.41, 5.74) is 2.03. The van der Waals surface area contributed by atoms with Crippen molar-refractivity contribution < 1.29 is 14.3 Å². The van der Waals surface area contributed by atoms with E-state index in [0.29, 0.717) is 6.54 Å². The molecule has 2 aromatic rings. The topological polar surface area (TPSA) is 68.6 Å². The fourth-order valence-electron chi connectivity index (χ4n) is 2.29. The average molecular weight is 328 g/mol. The highest BCUT2D eigenvalue weighted by atomic mass is 16.5. The Morgan fingerprint density at radius 3 is 2.54 bits per heavy atom. The van der Waals surface area contributed by atoms with E-state index in [2.05, 4.69) is 4.74 Å². The van der Waals surface area contributed by atoms with E-state index < -0.39 is 5.97 Å². The van der Waals surface area contributed by atoms with Gasteiger partial charge in [-0.1, -0.05) is 24.3 Å². The molecule has 126 valence electrons. The van der Waals surface area contributed by atoms with Gasteiger partial charge in [-0.2, -0.15) is 0 Å². The number of esters is 1. The molecule has 6 nitrogen and oxygen atoms in total. The number of pyridine rings is 1. The quantitative estimate of drug-likeness (QED) is 0.782. The summed E-state index contributed by atoms with van der Waals surface area (Å²) in [5, 5.41) is 0. The van der Waals surface area contributed by atoms with Crippen LogP contribution in [0.4, 0.5) is 0 Å². The van der Waals surface area contributed by atoms with Crippen molar-refractivity contribution in [3.05, 3.63) is 69.6 Å². The van der Waals surface area contributed by atoms with E-state index in [1.54, 1.807) is 11.9 Å². The van der Waals surface area contributed by atoms with Crippen molar-refractivity contribution >= 4 is 11.9 Å². The molecule has 0 aliphatic carbocycles. The van der Waals surface area contributed by atoms with E-state index in [1.807, 2.05) is 31.2 Å². The van der Waals surface area contributed by atoms with Gasteiger partial charge in [-0.25, -0.2) is 4.79 Å². The lowest BCUT2D eigenvalue weighted by Gasteiger charge is -2.19. The Bertz CT molecular complexity index is 811. The minimum atomic E-state index is -0.551. The third-order valence-corrected chi connectivity index (χ3v) is 3.80. The van der Waals surface area contributed by atoms with Crippen LogP contribution in [-0.2, 0) is 22.6 Å². The van der Waals surface area contributed by atoms with Crippen LogP contribution in [0.15, 0.2) is 47.4 Å². The van der Waals surface area contributed by atoms with Gasteiger partial charge < -0.3 is 14.2 Å². The number of carbonyl (C=O) groups is 2. The van der Waals surface area contributed by atoms with Gasteiger partial charge in [0.2, 0.25) is 5.91 Å². The molecule has 1 aromatic heterocycles. The number of ether oxygens (including phenoxy) is 1. The molecule has 0 aliphatic rings. The number of carbonyl (C=O) groups excluding carboxylic acids is 2. The third-order valence-electron chi connectivity index (χ3n) is 3.80. The number of aromatic nitrogens is 1. The summed E-state index contributed by atoms with van der Waals surface area (Å²) in [5.74, 6) is -0.771. The Morgan fingerprint density at radius 1 is 1.17 bits per heavy atom. The molecule has 0 unspecified atom stereocenters. The standard InChI is InChI=1S/C18H20N2O4/c1-13-6-4-5-7-14(13)10-19(2)17(22)12-20-11-15(18(23)24-3)8-9-16(20)21/h4-9,11H,10,12H2,1-3H3. The number of hydrogen-bond donors (Lipinski definition) is 0. The van der Waals surface area contributed by atoms with Gasteiger partial charge in [-0.15, -0.1) is 0 Å². The van der Waals surface area contributed by atoms with E-state index in [1.165, 1.54) is 30.0 Å². The van der Waals surface area contributed by atoms with Crippen molar-refractivity contribution in [2.24, 2.45) is 0 Å². The summed E-state index contributed by atoms with van der Waals surface area (Å²) in [4.78, 5) is 37.4. The second-order valence-electron chi connectivity index (χ2n) is 5.55. The molecule has 0 saturated heterocycles. The second kappa shape index (κ2) is 7.59. The highest BCUT2D eigenvalue weighted by Gasteiger charge is 2.14. The smallest absolute Gasteiger partial charge is 0.339 e. The number of likely N-dealkylation sites (N-methyl/N-ethyl adjacent to an activating group) is 1. The number of benzene rings is 1. The van der Waals surface area contributed by atoms with Crippen LogP contribution in [0.5, 0.6) is 0 Å². The first-order valence-electron chi connectivity index (χ1n) is 7.49. The summed E-state index contributed by atoms with van der Waals surface area (Å²) in [6, 6.07) is 10.4. The molecule has 1 amide bonds. The molecular formula is C18H20N2O4. The van der Waals surface area contributed by atoms with E-state index in [-0.39, 0.29) is 23.6 Å². The predicted octanol–water partition coefficient (Wildman–Crippen LogP) is 1.60. The van der Waals surface area contributed by atoms with Gasteiger partial charge in [0, 0.05) is 25.9 Å².